The molecule has 2 aromatic rings. The fourth-order valence-corrected chi connectivity index (χ4v) is 3.05. The molecule has 0 spiro atoms. The van der Waals surface area contributed by atoms with E-state index in [-0.39, 0.29) is 11.5 Å². The molecule has 0 amide bonds. The molecule has 0 atom stereocenters. The zero-order valence-corrected chi connectivity index (χ0v) is 12.1. The third-order valence-corrected chi connectivity index (χ3v) is 4.15. The van der Waals surface area contributed by atoms with Crippen LogP contribution in [0, 0.1) is 5.82 Å². The second kappa shape index (κ2) is 5.75. The van der Waals surface area contributed by atoms with Crippen molar-refractivity contribution < 1.29 is 17.6 Å². The predicted molar refractivity (Wildman–Crippen MR) is 77.1 cm³/mol. The Morgan fingerprint density at radius 3 is 2.41 bits per heavy atom. The topological polar surface area (TPSA) is 29.0 Å². The number of rotatable bonds is 2. The van der Waals surface area contributed by atoms with Gasteiger partial charge in [0.2, 0.25) is 5.82 Å². The largest absolute Gasteiger partial charge is 0.451 e. The highest BCUT2D eigenvalue weighted by Gasteiger charge is 2.36. The number of halogens is 4. The van der Waals surface area contributed by atoms with Crippen LogP contribution in [0.2, 0.25) is 0 Å². The highest BCUT2D eigenvalue weighted by Crippen LogP contribution is 2.32. The molecule has 1 aliphatic heterocycles. The number of hydrogen-bond acceptors (Lipinski definition) is 4. The van der Waals surface area contributed by atoms with Crippen molar-refractivity contribution in [2.45, 2.75) is 6.18 Å². The van der Waals surface area contributed by atoms with Crippen molar-refractivity contribution >= 4 is 17.6 Å². The van der Waals surface area contributed by atoms with E-state index in [0.29, 0.717) is 18.0 Å². The Morgan fingerprint density at radius 1 is 1.09 bits per heavy atom. The third-order valence-electron chi connectivity index (χ3n) is 3.18. The Bertz CT molecular complexity index is 667. The summed E-state index contributed by atoms with van der Waals surface area (Å²) in [5, 5.41) is 0. The summed E-state index contributed by atoms with van der Waals surface area (Å²) in [5.74, 6) is 0.0481. The van der Waals surface area contributed by atoms with Crippen LogP contribution in [0.4, 0.5) is 23.4 Å². The Labute approximate surface area is 128 Å². The van der Waals surface area contributed by atoms with Gasteiger partial charge in [0.15, 0.2) is 0 Å². The number of hydrogen-bond donors (Lipinski definition) is 0. The molecule has 0 N–H and O–H groups in total. The number of benzene rings is 1. The van der Waals surface area contributed by atoms with E-state index in [0.717, 1.165) is 5.75 Å². The first kappa shape index (κ1) is 15.1. The standard InChI is InChI=1S/C14H11F4N3S/c15-10-3-1-9(2-4-10)11-7-12(21-5-6-22-8-21)20-13(19-11)14(16,17)18/h1-4,7H,5-6,8H2. The lowest BCUT2D eigenvalue weighted by Gasteiger charge is -2.18. The zero-order valence-electron chi connectivity index (χ0n) is 11.3. The lowest BCUT2D eigenvalue weighted by molar-refractivity contribution is -0.144. The molecule has 2 heterocycles. The van der Waals surface area contributed by atoms with E-state index < -0.39 is 17.8 Å². The van der Waals surface area contributed by atoms with Gasteiger partial charge in [-0.2, -0.15) is 13.2 Å². The second-order valence-electron chi connectivity index (χ2n) is 4.74. The molecule has 3 nitrogen and oxygen atoms in total. The Hall–Kier alpha value is -1.83. The van der Waals surface area contributed by atoms with Crippen LogP contribution in [-0.2, 0) is 6.18 Å². The Balaban J connectivity index is 2.08. The summed E-state index contributed by atoms with van der Waals surface area (Å²) < 4.78 is 52.0. The summed E-state index contributed by atoms with van der Waals surface area (Å²) >= 11 is 1.63. The van der Waals surface area contributed by atoms with Gasteiger partial charge < -0.3 is 4.90 Å². The fourth-order valence-electron chi connectivity index (χ4n) is 2.09. The predicted octanol–water partition coefficient (Wildman–Crippen LogP) is 3.81. The van der Waals surface area contributed by atoms with Gasteiger partial charge in [0.1, 0.15) is 11.6 Å². The van der Waals surface area contributed by atoms with Crippen LogP contribution in [-0.4, -0.2) is 28.1 Å². The van der Waals surface area contributed by atoms with Crippen molar-refractivity contribution in [1.82, 2.24) is 9.97 Å². The number of thioether (sulfide) groups is 1. The normalized spacial score (nSPS) is 15.4. The molecule has 22 heavy (non-hydrogen) atoms. The highest BCUT2D eigenvalue weighted by molar-refractivity contribution is 7.99. The first-order valence-corrected chi connectivity index (χ1v) is 7.64. The third kappa shape index (κ3) is 3.16. The summed E-state index contributed by atoms with van der Waals surface area (Å²) in [6, 6.07) is 6.70. The molecule has 0 aliphatic carbocycles. The van der Waals surface area contributed by atoms with Crippen LogP contribution in [0.5, 0.6) is 0 Å². The number of aromatic nitrogens is 2. The zero-order chi connectivity index (χ0) is 15.7. The monoisotopic (exact) mass is 329 g/mol. The molecule has 0 saturated carbocycles. The first-order valence-electron chi connectivity index (χ1n) is 6.48. The molecule has 1 aliphatic rings. The van der Waals surface area contributed by atoms with Crippen molar-refractivity contribution in [2.24, 2.45) is 0 Å². The van der Waals surface area contributed by atoms with Crippen LogP contribution in [0.25, 0.3) is 11.3 Å². The van der Waals surface area contributed by atoms with E-state index in [2.05, 4.69) is 9.97 Å². The maximum atomic E-state index is 13.0. The molecule has 116 valence electrons. The lowest BCUT2D eigenvalue weighted by atomic mass is 10.1. The minimum absolute atomic E-state index is 0.134. The van der Waals surface area contributed by atoms with Gasteiger partial charge in [-0.3, -0.25) is 0 Å². The summed E-state index contributed by atoms with van der Waals surface area (Å²) in [7, 11) is 0. The molecule has 0 radical (unpaired) electrons. The minimum atomic E-state index is -4.63. The van der Waals surface area contributed by atoms with E-state index in [1.807, 2.05) is 0 Å². The van der Waals surface area contributed by atoms with E-state index in [9.17, 15) is 17.6 Å². The number of anilines is 1. The van der Waals surface area contributed by atoms with Crippen molar-refractivity contribution in [3.8, 4) is 11.3 Å². The summed E-state index contributed by atoms with van der Waals surface area (Å²) in [5.41, 5.74) is 0.552. The van der Waals surface area contributed by atoms with Crippen LogP contribution in [0.15, 0.2) is 30.3 Å². The fraction of sp³-hybridized carbons (Fsp3) is 0.286. The molecule has 0 bridgehead atoms. The SMILES string of the molecule is Fc1ccc(-c2cc(N3CCSC3)nc(C(F)(F)F)n2)cc1. The van der Waals surface area contributed by atoms with Crippen molar-refractivity contribution in [3.63, 3.8) is 0 Å². The van der Waals surface area contributed by atoms with Crippen LogP contribution in [0.3, 0.4) is 0 Å². The molecule has 0 unspecified atom stereocenters. The van der Waals surface area contributed by atoms with E-state index in [1.54, 1.807) is 16.7 Å². The summed E-state index contributed by atoms with van der Waals surface area (Å²) in [6.07, 6.45) is -4.63. The molecule has 1 saturated heterocycles. The van der Waals surface area contributed by atoms with E-state index in [1.165, 1.54) is 30.3 Å². The Kier molecular flexibility index (Phi) is 3.94. The van der Waals surface area contributed by atoms with Gasteiger partial charge >= 0.3 is 6.18 Å². The van der Waals surface area contributed by atoms with Crippen LogP contribution >= 0.6 is 11.8 Å². The molecular formula is C14H11F4N3S. The van der Waals surface area contributed by atoms with Crippen LogP contribution < -0.4 is 4.90 Å². The smallest absolute Gasteiger partial charge is 0.346 e. The number of alkyl halides is 3. The van der Waals surface area contributed by atoms with Crippen molar-refractivity contribution in [1.29, 1.82) is 0 Å². The summed E-state index contributed by atoms with van der Waals surface area (Å²) in [4.78, 5) is 8.99. The molecule has 3 rings (SSSR count). The lowest BCUT2D eigenvalue weighted by Crippen LogP contribution is -2.22. The van der Waals surface area contributed by atoms with E-state index >= 15 is 0 Å². The molecule has 1 aromatic carbocycles. The molecule has 1 fully saturated rings. The van der Waals surface area contributed by atoms with Gasteiger partial charge in [-0.05, 0) is 24.3 Å². The first-order chi connectivity index (χ1) is 10.4. The molecule has 8 heteroatoms. The Morgan fingerprint density at radius 2 is 1.82 bits per heavy atom. The highest BCUT2D eigenvalue weighted by atomic mass is 32.2. The van der Waals surface area contributed by atoms with Gasteiger partial charge in [0, 0.05) is 23.9 Å². The van der Waals surface area contributed by atoms with Crippen molar-refractivity contribution in [2.75, 3.05) is 23.1 Å². The van der Waals surface area contributed by atoms with E-state index in [4.69, 9.17) is 0 Å². The van der Waals surface area contributed by atoms with Crippen LogP contribution in [0.1, 0.15) is 5.82 Å². The maximum Gasteiger partial charge on any atom is 0.451 e. The van der Waals surface area contributed by atoms with Gasteiger partial charge in [0.25, 0.3) is 0 Å². The average Bonchev–Trinajstić information content (AvgIpc) is 3.01. The number of nitrogens with zero attached hydrogens (tertiary/aromatic N) is 3. The quantitative estimate of drug-likeness (QED) is 0.784. The second-order valence-corrected chi connectivity index (χ2v) is 5.82. The van der Waals surface area contributed by atoms with Crippen molar-refractivity contribution in [3.05, 3.63) is 42.0 Å². The van der Waals surface area contributed by atoms with Gasteiger partial charge in [-0.15, -0.1) is 11.8 Å². The van der Waals surface area contributed by atoms with Gasteiger partial charge in [-0.25, -0.2) is 14.4 Å². The van der Waals surface area contributed by atoms with Gasteiger partial charge in [-0.1, -0.05) is 0 Å². The molecule has 1 aromatic heterocycles. The minimum Gasteiger partial charge on any atom is -0.346 e. The maximum absolute atomic E-state index is 13.0. The summed E-state index contributed by atoms with van der Waals surface area (Å²) in [6.45, 7) is 0.641. The molecular weight excluding hydrogens is 318 g/mol. The van der Waals surface area contributed by atoms with Gasteiger partial charge in [0.05, 0.1) is 11.6 Å². The average molecular weight is 329 g/mol.